The molecule has 2 N–H and O–H groups in total. The van der Waals surface area contributed by atoms with Crippen molar-refractivity contribution in [3.05, 3.63) is 0 Å². The Morgan fingerprint density at radius 1 is 1.18 bits per heavy atom. The first-order valence-corrected chi connectivity index (χ1v) is 6.88. The molecule has 1 saturated carbocycles. The molecule has 2 saturated heterocycles. The number of carbonyl (C=O) groups excluding carboxylic acids is 1. The second-order valence-electron chi connectivity index (χ2n) is 5.94. The number of rotatable bonds is 1. The van der Waals surface area contributed by atoms with Crippen LogP contribution < -0.4 is 5.73 Å². The molecule has 2 heterocycles. The molecular weight excluding hydrogens is 216 g/mol. The Bertz CT molecular complexity index is 284. The highest BCUT2D eigenvalue weighted by Gasteiger charge is 2.38. The number of fused-ring (bicyclic) bond motifs is 2. The summed E-state index contributed by atoms with van der Waals surface area (Å²) in [6.07, 6.45) is 5.23. The van der Waals surface area contributed by atoms with Gasteiger partial charge in [-0.1, -0.05) is 0 Å². The number of likely N-dealkylation sites (tertiary alicyclic amines) is 1. The van der Waals surface area contributed by atoms with Crippen molar-refractivity contribution < 1.29 is 9.53 Å². The van der Waals surface area contributed by atoms with Crippen LogP contribution in [0.5, 0.6) is 0 Å². The average molecular weight is 238 g/mol. The number of carbonyl (C=O) groups is 1. The molecule has 3 aliphatic rings. The number of nitrogens with two attached hydrogens (primary N) is 1. The number of piperidine rings is 1. The number of nitrogens with zero attached hydrogens (tertiary/aromatic N) is 1. The Labute approximate surface area is 102 Å². The predicted molar refractivity (Wildman–Crippen MR) is 64.4 cm³/mol. The fourth-order valence-corrected chi connectivity index (χ4v) is 3.77. The van der Waals surface area contributed by atoms with E-state index in [2.05, 4.69) is 0 Å². The lowest BCUT2D eigenvalue weighted by atomic mass is 9.75. The van der Waals surface area contributed by atoms with Crippen LogP contribution in [0.4, 0.5) is 0 Å². The summed E-state index contributed by atoms with van der Waals surface area (Å²) in [6, 6.07) is 0.360. The van der Waals surface area contributed by atoms with Gasteiger partial charge < -0.3 is 15.4 Å². The van der Waals surface area contributed by atoms with Crippen molar-refractivity contribution in [1.29, 1.82) is 0 Å². The van der Waals surface area contributed by atoms with Crippen LogP contribution in [0.2, 0.25) is 0 Å². The Kier molecular flexibility index (Phi) is 3.09. The van der Waals surface area contributed by atoms with E-state index in [9.17, 15) is 4.79 Å². The van der Waals surface area contributed by atoms with Gasteiger partial charge in [0.25, 0.3) is 5.91 Å². The normalized spacial score (nSPS) is 41.6. The maximum absolute atomic E-state index is 12.3. The summed E-state index contributed by atoms with van der Waals surface area (Å²) in [4.78, 5) is 14.3. The molecule has 0 spiro atoms. The van der Waals surface area contributed by atoms with Gasteiger partial charge in [0.2, 0.25) is 0 Å². The van der Waals surface area contributed by atoms with Gasteiger partial charge in [0.05, 0.1) is 0 Å². The summed E-state index contributed by atoms with van der Waals surface area (Å²) < 4.78 is 5.50. The van der Waals surface area contributed by atoms with Crippen LogP contribution in [0.25, 0.3) is 0 Å². The van der Waals surface area contributed by atoms with Crippen molar-refractivity contribution in [2.24, 2.45) is 17.6 Å². The van der Waals surface area contributed by atoms with Crippen LogP contribution in [-0.2, 0) is 9.53 Å². The summed E-state index contributed by atoms with van der Waals surface area (Å²) >= 11 is 0. The lowest BCUT2D eigenvalue weighted by Crippen LogP contribution is -2.52. The van der Waals surface area contributed by atoms with E-state index in [1.54, 1.807) is 0 Å². The Morgan fingerprint density at radius 2 is 1.88 bits per heavy atom. The van der Waals surface area contributed by atoms with E-state index in [1.165, 1.54) is 6.42 Å². The van der Waals surface area contributed by atoms with Gasteiger partial charge in [-0.3, -0.25) is 4.79 Å². The molecule has 4 heteroatoms. The van der Waals surface area contributed by atoms with Crippen LogP contribution in [0, 0.1) is 11.8 Å². The standard InChI is InChI=1S/C13H22N2O2/c14-11-5-9-4-10(6-11)8-15(7-9)13(16)12-2-1-3-17-12/h9-12H,1-8,14H2. The summed E-state index contributed by atoms with van der Waals surface area (Å²) in [6.45, 7) is 2.56. The Morgan fingerprint density at radius 3 is 2.47 bits per heavy atom. The number of hydrogen-bond acceptors (Lipinski definition) is 3. The van der Waals surface area contributed by atoms with E-state index in [-0.39, 0.29) is 12.0 Å². The number of amides is 1. The average Bonchev–Trinajstić information content (AvgIpc) is 2.79. The van der Waals surface area contributed by atoms with Crippen molar-refractivity contribution in [2.45, 2.75) is 44.2 Å². The van der Waals surface area contributed by atoms with Crippen molar-refractivity contribution in [2.75, 3.05) is 19.7 Å². The minimum absolute atomic E-state index is 0.150. The minimum atomic E-state index is -0.150. The predicted octanol–water partition coefficient (Wildman–Crippen LogP) is 0.751. The van der Waals surface area contributed by atoms with E-state index in [0.717, 1.165) is 45.4 Å². The second kappa shape index (κ2) is 4.58. The molecule has 1 amide bonds. The molecule has 4 nitrogen and oxygen atoms in total. The lowest BCUT2D eigenvalue weighted by molar-refractivity contribution is -0.144. The molecule has 96 valence electrons. The van der Waals surface area contributed by atoms with Crippen LogP contribution in [0.1, 0.15) is 32.1 Å². The van der Waals surface area contributed by atoms with Gasteiger partial charge in [0.15, 0.2) is 0 Å². The highest BCUT2D eigenvalue weighted by molar-refractivity contribution is 5.81. The molecule has 0 aromatic rings. The van der Waals surface area contributed by atoms with Gasteiger partial charge in [-0.25, -0.2) is 0 Å². The smallest absolute Gasteiger partial charge is 0.251 e. The SMILES string of the molecule is NC1CC2CC(C1)CN(C(=O)C1CCCO1)C2. The van der Waals surface area contributed by atoms with E-state index >= 15 is 0 Å². The first-order valence-electron chi connectivity index (χ1n) is 6.88. The highest BCUT2D eigenvalue weighted by atomic mass is 16.5. The fraction of sp³-hybridized carbons (Fsp3) is 0.923. The zero-order valence-corrected chi connectivity index (χ0v) is 10.3. The molecule has 3 fully saturated rings. The first kappa shape index (κ1) is 11.5. The molecule has 0 aromatic carbocycles. The van der Waals surface area contributed by atoms with E-state index in [1.807, 2.05) is 4.90 Å². The molecule has 2 aliphatic heterocycles. The quantitative estimate of drug-likeness (QED) is 0.733. The first-order chi connectivity index (χ1) is 8.22. The molecule has 3 atom stereocenters. The molecule has 3 rings (SSSR count). The second-order valence-corrected chi connectivity index (χ2v) is 5.94. The Hall–Kier alpha value is -0.610. The maximum Gasteiger partial charge on any atom is 0.251 e. The van der Waals surface area contributed by atoms with Crippen molar-refractivity contribution >= 4 is 5.91 Å². The molecule has 1 aliphatic carbocycles. The van der Waals surface area contributed by atoms with Crippen molar-refractivity contribution in [3.63, 3.8) is 0 Å². The highest BCUT2D eigenvalue weighted by Crippen LogP contribution is 2.34. The summed E-state index contributed by atoms with van der Waals surface area (Å²) in [5.74, 6) is 1.48. The largest absolute Gasteiger partial charge is 0.368 e. The third kappa shape index (κ3) is 2.33. The summed E-state index contributed by atoms with van der Waals surface area (Å²) in [5.41, 5.74) is 6.04. The van der Waals surface area contributed by atoms with Crippen LogP contribution in [-0.4, -0.2) is 42.6 Å². The van der Waals surface area contributed by atoms with Gasteiger partial charge >= 0.3 is 0 Å². The van der Waals surface area contributed by atoms with Crippen LogP contribution in [0.3, 0.4) is 0 Å². The van der Waals surface area contributed by atoms with Crippen LogP contribution in [0.15, 0.2) is 0 Å². The maximum atomic E-state index is 12.3. The molecule has 2 bridgehead atoms. The number of ether oxygens (including phenoxy) is 1. The molecule has 3 unspecified atom stereocenters. The molecule has 17 heavy (non-hydrogen) atoms. The Balaban J connectivity index is 1.63. The van der Waals surface area contributed by atoms with Gasteiger partial charge in [-0.15, -0.1) is 0 Å². The van der Waals surface area contributed by atoms with E-state index in [4.69, 9.17) is 10.5 Å². The molecular formula is C13H22N2O2. The molecule has 0 aromatic heterocycles. The van der Waals surface area contributed by atoms with Gasteiger partial charge in [0, 0.05) is 25.7 Å². The number of hydrogen-bond donors (Lipinski definition) is 1. The third-order valence-corrected chi connectivity index (χ3v) is 4.41. The fourth-order valence-electron chi connectivity index (χ4n) is 3.77. The zero-order valence-electron chi connectivity index (χ0n) is 10.3. The lowest BCUT2D eigenvalue weighted by Gasteiger charge is -2.44. The van der Waals surface area contributed by atoms with Crippen molar-refractivity contribution in [1.82, 2.24) is 4.90 Å². The minimum Gasteiger partial charge on any atom is -0.368 e. The van der Waals surface area contributed by atoms with Crippen LogP contribution >= 0.6 is 0 Å². The summed E-state index contributed by atoms with van der Waals surface area (Å²) in [5, 5.41) is 0. The van der Waals surface area contributed by atoms with Crippen molar-refractivity contribution in [3.8, 4) is 0 Å². The van der Waals surface area contributed by atoms with Gasteiger partial charge in [-0.2, -0.15) is 0 Å². The van der Waals surface area contributed by atoms with E-state index in [0.29, 0.717) is 17.9 Å². The third-order valence-electron chi connectivity index (χ3n) is 4.41. The zero-order chi connectivity index (χ0) is 11.8. The topological polar surface area (TPSA) is 55.6 Å². The summed E-state index contributed by atoms with van der Waals surface area (Å²) in [7, 11) is 0. The molecule has 0 radical (unpaired) electrons. The van der Waals surface area contributed by atoms with E-state index < -0.39 is 0 Å². The van der Waals surface area contributed by atoms with Gasteiger partial charge in [-0.05, 0) is 43.9 Å². The van der Waals surface area contributed by atoms with Gasteiger partial charge in [0.1, 0.15) is 6.10 Å². The monoisotopic (exact) mass is 238 g/mol.